The molecule has 0 fully saturated rings. The molecule has 0 heterocycles. The molecule has 1 N–H and O–H groups in total. The van der Waals surface area contributed by atoms with Gasteiger partial charge in [-0.15, -0.1) is 0 Å². The number of carbonyl (C=O) groups excluding carboxylic acids is 2. The summed E-state index contributed by atoms with van der Waals surface area (Å²) in [7, 11) is 0. The Labute approximate surface area is 116 Å². The van der Waals surface area contributed by atoms with Crippen molar-refractivity contribution in [1.29, 1.82) is 0 Å². The van der Waals surface area contributed by atoms with Crippen LogP contribution in [-0.2, 0) is 14.3 Å². The van der Waals surface area contributed by atoms with Crippen molar-refractivity contribution in [2.45, 2.75) is 13.8 Å². The average Bonchev–Trinajstić information content (AvgIpc) is 2.38. The molecule has 0 aliphatic heterocycles. The Balaban J connectivity index is 2.82. The number of carbonyl (C=O) groups is 2. The van der Waals surface area contributed by atoms with Gasteiger partial charge in [-0.3, -0.25) is 4.79 Å². The molecule has 5 nitrogen and oxygen atoms in total. The lowest BCUT2D eigenvalue weighted by Crippen LogP contribution is -2.18. The van der Waals surface area contributed by atoms with Crippen LogP contribution in [0, 0.1) is 0 Å². The van der Waals surface area contributed by atoms with E-state index in [0.29, 0.717) is 22.9 Å². The minimum atomic E-state index is -0.489. The van der Waals surface area contributed by atoms with Crippen LogP contribution < -0.4 is 5.32 Å². The van der Waals surface area contributed by atoms with E-state index in [0.717, 1.165) is 0 Å². The lowest BCUT2D eigenvalue weighted by Gasteiger charge is -2.11. The molecule has 1 rings (SSSR count). The molecule has 19 heavy (non-hydrogen) atoms. The topological polar surface area (TPSA) is 64.6 Å². The molecule has 0 saturated heterocycles. The SMILES string of the molecule is CCOC(=O)CNc1ccc(Cl)cc1C(=O)OCC. The second kappa shape index (κ2) is 7.63. The number of anilines is 1. The first-order valence-electron chi connectivity index (χ1n) is 5.94. The summed E-state index contributed by atoms with van der Waals surface area (Å²) in [6.45, 7) is 3.99. The molecule has 0 aliphatic rings. The molecule has 104 valence electrons. The largest absolute Gasteiger partial charge is 0.465 e. The lowest BCUT2D eigenvalue weighted by atomic mass is 10.2. The summed E-state index contributed by atoms with van der Waals surface area (Å²) in [5.74, 6) is -0.886. The van der Waals surface area contributed by atoms with Crippen molar-refractivity contribution in [3.8, 4) is 0 Å². The summed E-state index contributed by atoms with van der Waals surface area (Å²) in [4.78, 5) is 23.0. The zero-order valence-corrected chi connectivity index (χ0v) is 11.6. The van der Waals surface area contributed by atoms with Gasteiger partial charge in [0, 0.05) is 10.7 Å². The molecule has 0 unspecified atom stereocenters. The Kier molecular flexibility index (Phi) is 6.15. The van der Waals surface area contributed by atoms with Crippen molar-refractivity contribution >= 4 is 29.2 Å². The van der Waals surface area contributed by atoms with E-state index >= 15 is 0 Å². The number of nitrogens with one attached hydrogen (secondary N) is 1. The van der Waals surface area contributed by atoms with Crippen molar-refractivity contribution in [3.05, 3.63) is 28.8 Å². The standard InChI is InChI=1S/C13H16ClNO4/c1-3-18-12(16)8-15-11-6-5-9(14)7-10(11)13(17)19-4-2/h5-7,15H,3-4,8H2,1-2H3. The fourth-order valence-electron chi connectivity index (χ4n) is 1.43. The molecule has 6 heteroatoms. The summed E-state index contributed by atoms with van der Waals surface area (Å²) in [6.07, 6.45) is 0. The number of halogens is 1. The molecular formula is C13H16ClNO4. The highest BCUT2D eigenvalue weighted by atomic mass is 35.5. The summed E-state index contributed by atoms with van der Waals surface area (Å²) in [5, 5.41) is 3.25. The van der Waals surface area contributed by atoms with E-state index in [9.17, 15) is 9.59 Å². The van der Waals surface area contributed by atoms with E-state index in [1.807, 2.05) is 0 Å². The Bertz CT molecular complexity index is 462. The quantitative estimate of drug-likeness (QED) is 0.814. The van der Waals surface area contributed by atoms with Gasteiger partial charge in [-0.05, 0) is 32.0 Å². The van der Waals surface area contributed by atoms with Crippen LogP contribution in [0.25, 0.3) is 0 Å². The summed E-state index contributed by atoms with van der Waals surface area (Å²) in [5.41, 5.74) is 0.773. The van der Waals surface area contributed by atoms with E-state index in [2.05, 4.69) is 5.32 Å². The molecule has 1 aromatic carbocycles. The van der Waals surface area contributed by atoms with Crippen LogP contribution in [0.3, 0.4) is 0 Å². The van der Waals surface area contributed by atoms with Crippen LogP contribution in [0.15, 0.2) is 18.2 Å². The van der Waals surface area contributed by atoms with Gasteiger partial charge in [0.05, 0.1) is 18.8 Å². The minimum absolute atomic E-state index is 0.0259. The van der Waals surface area contributed by atoms with Crippen LogP contribution in [0.1, 0.15) is 24.2 Å². The van der Waals surface area contributed by atoms with Crippen molar-refractivity contribution in [2.75, 3.05) is 25.1 Å². The van der Waals surface area contributed by atoms with Gasteiger partial charge in [0.15, 0.2) is 0 Å². The molecule has 0 saturated carbocycles. The first-order chi connectivity index (χ1) is 9.08. The van der Waals surface area contributed by atoms with Gasteiger partial charge in [-0.2, -0.15) is 0 Å². The maximum atomic E-state index is 11.8. The van der Waals surface area contributed by atoms with Gasteiger partial charge in [-0.1, -0.05) is 11.6 Å². The van der Waals surface area contributed by atoms with Crippen LogP contribution in [0.2, 0.25) is 5.02 Å². The minimum Gasteiger partial charge on any atom is -0.465 e. The Morgan fingerprint density at radius 3 is 2.53 bits per heavy atom. The highest BCUT2D eigenvalue weighted by molar-refractivity contribution is 6.31. The third kappa shape index (κ3) is 4.79. The summed E-state index contributed by atoms with van der Waals surface area (Å²) < 4.78 is 9.72. The molecule has 0 radical (unpaired) electrons. The first kappa shape index (κ1) is 15.3. The maximum absolute atomic E-state index is 11.8. The Morgan fingerprint density at radius 1 is 1.21 bits per heavy atom. The van der Waals surface area contributed by atoms with Crippen LogP contribution in [0.5, 0.6) is 0 Å². The van der Waals surface area contributed by atoms with Crippen molar-refractivity contribution < 1.29 is 19.1 Å². The predicted octanol–water partition coefficient (Wildman–Crippen LogP) is 2.49. The third-order valence-electron chi connectivity index (χ3n) is 2.21. The molecular weight excluding hydrogens is 270 g/mol. The van der Waals surface area contributed by atoms with Gasteiger partial charge in [0.25, 0.3) is 0 Å². The monoisotopic (exact) mass is 285 g/mol. The van der Waals surface area contributed by atoms with Gasteiger partial charge < -0.3 is 14.8 Å². The molecule has 0 aliphatic carbocycles. The fourth-order valence-corrected chi connectivity index (χ4v) is 1.60. The molecule has 0 bridgehead atoms. The third-order valence-corrected chi connectivity index (χ3v) is 2.44. The van der Waals surface area contributed by atoms with Crippen molar-refractivity contribution in [3.63, 3.8) is 0 Å². The Hall–Kier alpha value is -1.75. The van der Waals surface area contributed by atoms with E-state index < -0.39 is 11.9 Å². The zero-order chi connectivity index (χ0) is 14.3. The number of benzene rings is 1. The molecule has 0 aromatic heterocycles. The number of hydrogen-bond donors (Lipinski definition) is 1. The second-order valence-electron chi connectivity index (χ2n) is 3.57. The second-order valence-corrected chi connectivity index (χ2v) is 4.01. The Morgan fingerprint density at radius 2 is 1.89 bits per heavy atom. The van der Waals surface area contributed by atoms with Crippen molar-refractivity contribution in [1.82, 2.24) is 0 Å². The number of hydrogen-bond acceptors (Lipinski definition) is 5. The van der Waals surface area contributed by atoms with E-state index in [1.54, 1.807) is 26.0 Å². The zero-order valence-electron chi connectivity index (χ0n) is 10.9. The molecule has 1 aromatic rings. The smallest absolute Gasteiger partial charge is 0.340 e. The van der Waals surface area contributed by atoms with Crippen LogP contribution >= 0.6 is 11.6 Å². The fraction of sp³-hybridized carbons (Fsp3) is 0.385. The highest BCUT2D eigenvalue weighted by Crippen LogP contribution is 2.21. The van der Waals surface area contributed by atoms with Gasteiger partial charge >= 0.3 is 11.9 Å². The number of ether oxygens (including phenoxy) is 2. The average molecular weight is 286 g/mol. The van der Waals surface area contributed by atoms with Crippen LogP contribution in [-0.4, -0.2) is 31.7 Å². The van der Waals surface area contributed by atoms with E-state index in [1.165, 1.54) is 6.07 Å². The highest BCUT2D eigenvalue weighted by Gasteiger charge is 2.14. The normalized spacial score (nSPS) is 9.84. The van der Waals surface area contributed by atoms with Crippen molar-refractivity contribution in [2.24, 2.45) is 0 Å². The summed E-state index contributed by atoms with van der Waals surface area (Å²) >= 11 is 5.85. The molecule has 0 amide bonds. The van der Waals surface area contributed by atoms with Gasteiger partial charge in [-0.25, -0.2) is 4.79 Å². The number of esters is 2. The number of rotatable bonds is 6. The van der Waals surface area contributed by atoms with E-state index in [-0.39, 0.29) is 13.2 Å². The molecule has 0 atom stereocenters. The van der Waals surface area contributed by atoms with Crippen LogP contribution in [0.4, 0.5) is 5.69 Å². The maximum Gasteiger partial charge on any atom is 0.340 e. The summed E-state index contributed by atoms with van der Waals surface area (Å²) in [6, 6.07) is 4.73. The molecule has 0 spiro atoms. The van der Waals surface area contributed by atoms with Gasteiger partial charge in [0.2, 0.25) is 0 Å². The van der Waals surface area contributed by atoms with E-state index in [4.69, 9.17) is 21.1 Å². The predicted molar refractivity (Wildman–Crippen MR) is 72.5 cm³/mol. The lowest BCUT2D eigenvalue weighted by molar-refractivity contribution is -0.140. The first-order valence-corrected chi connectivity index (χ1v) is 6.32. The van der Waals surface area contributed by atoms with Gasteiger partial charge in [0.1, 0.15) is 6.54 Å².